The van der Waals surface area contributed by atoms with Crippen LogP contribution in [-0.4, -0.2) is 37.1 Å². The third kappa shape index (κ3) is 2.96. The van der Waals surface area contributed by atoms with Crippen molar-refractivity contribution in [2.45, 2.75) is 13.8 Å². The number of aryl methyl sites for hydroxylation is 2. The number of benzene rings is 1. The van der Waals surface area contributed by atoms with Crippen LogP contribution in [0.1, 0.15) is 11.1 Å². The van der Waals surface area contributed by atoms with Crippen LogP contribution in [-0.2, 0) is 0 Å². The number of nitrogens with one attached hydrogen (secondary N) is 1. The maximum Gasteiger partial charge on any atom is 0.183 e. The first-order chi connectivity index (χ1) is 8.06. The Morgan fingerprint density at radius 1 is 1.29 bits per heavy atom. The number of nitrogens with zero attached hydrogens (tertiary/aromatic N) is 2. The first-order valence-electron chi connectivity index (χ1n) is 5.82. The van der Waals surface area contributed by atoms with Gasteiger partial charge in [-0.05, 0) is 45.1 Å². The molecule has 17 heavy (non-hydrogen) atoms. The fraction of sp³-hybridized carbons (Fsp3) is 0.462. The maximum atomic E-state index is 4.62. The zero-order valence-corrected chi connectivity index (χ0v) is 11.7. The minimum atomic E-state index is 0.935. The Bertz CT molecular complexity index is 517. The van der Waals surface area contributed by atoms with Crippen LogP contribution in [0.15, 0.2) is 12.1 Å². The summed E-state index contributed by atoms with van der Waals surface area (Å²) in [5, 5.41) is 4.40. The highest BCUT2D eigenvalue weighted by atomic mass is 32.1. The molecule has 92 valence electrons. The van der Waals surface area contributed by atoms with Gasteiger partial charge >= 0.3 is 0 Å². The molecule has 1 N–H and O–H groups in total. The lowest BCUT2D eigenvalue weighted by Crippen LogP contribution is -2.20. The molecule has 0 aliphatic rings. The van der Waals surface area contributed by atoms with Gasteiger partial charge in [0.15, 0.2) is 5.13 Å². The third-order valence-corrected chi connectivity index (χ3v) is 3.82. The van der Waals surface area contributed by atoms with Crippen molar-refractivity contribution in [3.05, 3.63) is 23.3 Å². The molecule has 0 spiro atoms. The summed E-state index contributed by atoms with van der Waals surface area (Å²) < 4.78 is 1.29. The molecule has 0 radical (unpaired) electrons. The number of hydrogen-bond donors (Lipinski definition) is 1. The Balaban J connectivity index is 2.17. The summed E-state index contributed by atoms with van der Waals surface area (Å²) in [5.74, 6) is 0. The van der Waals surface area contributed by atoms with E-state index in [1.807, 2.05) is 0 Å². The van der Waals surface area contributed by atoms with Gasteiger partial charge in [-0.2, -0.15) is 0 Å². The predicted octanol–water partition coefficient (Wildman–Crippen LogP) is 2.89. The Morgan fingerprint density at radius 3 is 2.76 bits per heavy atom. The molecule has 2 aromatic rings. The fourth-order valence-corrected chi connectivity index (χ4v) is 2.78. The average Bonchev–Trinajstić information content (AvgIpc) is 2.60. The van der Waals surface area contributed by atoms with Crippen molar-refractivity contribution in [1.82, 2.24) is 9.88 Å². The van der Waals surface area contributed by atoms with Crippen LogP contribution in [0.5, 0.6) is 0 Å². The number of hydrogen-bond acceptors (Lipinski definition) is 4. The first-order valence-corrected chi connectivity index (χ1v) is 6.64. The summed E-state index contributed by atoms with van der Waals surface area (Å²) in [5.41, 5.74) is 3.71. The van der Waals surface area contributed by atoms with Gasteiger partial charge in [0.1, 0.15) is 0 Å². The number of rotatable bonds is 4. The molecule has 0 amide bonds. The standard InChI is InChI=1S/C13H19N3S/c1-9-7-10(2)12-11(8-9)15-13(17-12)14-5-6-16(3)4/h7-8H,5-6H2,1-4H3,(H,14,15). The van der Waals surface area contributed by atoms with Crippen molar-refractivity contribution in [2.24, 2.45) is 0 Å². The zero-order valence-electron chi connectivity index (χ0n) is 10.9. The number of likely N-dealkylation sites (N-methyl/N-ethyl adjacent to an activating group) is 1. The van der Waals surface area contributed by atoms with Crippen molar-refractivity contribution in [3.63, 3.8) is 0 Å². The van der Waals surface area contributed by atoms with Gasteiger partial charge in [-0.1, -0.05) is 17.4 Å². The molecule has 0 saturated carbocycles. The summed E-state index contributed by atoms with van der Waals surface area (Å²) in [7, 11) is 4.15. The van der Waals surface area contributed by atoms with Crippen molar-refractivity contribution < 1.29 is 0 Å². The Hall–Kier alpha value is -1.13. The second-order valence-corrected chi connectivity index (χ2v) is 5.68. The van der Waals surface area contributed by atoms with E-state index in [1.165, 1.54) is 15.8 Å². The van der Waals surface area contributed by atoms with Crippen LogP contribution in [0.4, 0.5) is 5.13 Å². The molecule has 0 aliphatic carbocycles. The van der Waals surface area contributed by atoms with E-state index < -0.39 is 0 Å². The van der Waals surface area contributed by atoms with E-state index in [4.69, 9.17) is 0 Å². The summed E-state index contributed by atoms with van der Waals surface area (Å²) >= 11 is 1.74. The molecular weight excluding hydrogens is 230 g/mol. The van der Waals surface area contributed by atoms with E-state index in [0.717, 1.165) is 23.7 Å². The molecule has 1 aromatic carbocycles. The van der Waals surface area contributed by atoms with Crippen LogP contribution in [0, 0.1) is 13.8 Å². The summed E-state index contributed by atoms with van der Waals surface area (Å²) in [6, 6.07) is 4.36. The Labute approximate surface area is 106 Å². The van der Waals surface area contributed by atoms with Gasteiger partial charge in [0, 0.05) is 13.1 Å². The van der Waals surface area contributed by atoms with Crippen LogP contribution in [0.3, 0.4) is 0 Å². The predicted molar refractivity (Wildman–Crippen MR) is 76.1 cm³/mol. The largest absolute Gasteiger partial charge is 0.360 e. The number of anilines is 1. The summed E-state index contributed by atoms with van der Waals surface area (Å²) in [6.45, 7) is 6.22. The molecule has 1 heterocycles. The average molecular weight is 249 g/mol. The molecule has 3 nitrogen and oxygen atoms in total. The van der Waals surface area contributed by atoms with Crippen molar-refractivity contribution in [2.75, 3.05) is 32.5 Å². The van der Waals surface area contributed by atoms with Crippen LogP contribution >= 0.6 is 11.3 Å². The fourth-order valence-electron chi connectivity index (χ4n) is 1.84. The molecule has 0 unspecified atom stereocenters. The molecule has 0 fully saturated rings. The van der Waals surface area contributed by atoms with Gasteiger partial charge < -0.3 is 10.2 Å². The highest BCUT2D eigenvalue weighted by molar-refractivity contribution is 7.22. The van der Waals surface area contributed by atoms with E-state index in [-0.39, 0.29) is 0 Å². The SMILES string of the molecule is Cc1cc(C)c2sc(NCCN(C)C)nc2c1. The third-order valence-electron chi connectivity index (χ3n) is 2.66. The maximum absolute atomic E-state index is 4.62. The number of aromatic nitrogens is 1. The quantitative estimate of drug-likeness (QED) is 0.903. The van der Waals surface area contributed by atoms with Crippen molar-refractivity contribution in [3.8, 4) is 0 Å². The molecule has 0 aliphatic heterocycles. The lowest BCUT2D eigenvalue weighted by atomic mass is 10.1. The van der Waals surface area contributed by atoms with Gasteiger partial charge in [0.2, 0.25) is 0 Å². The second kappa shape index (κ2) is 5.02. The number of fused-ring (bicyclic) bond motifs is 1. The second-order valence-electron chi connectivity index (χ2n) is 4.68. The van der Waals surface area contributed by atoms with Gasteiger partial charge in [-0.3, -0.25) is 0 Å². The topological polar surface area (TPSA) is 28.2 Å². The minimum absolute atomic E-state index is 0.935. The molecular formula is C13H19N3S. The van der Waals surface area contributed by atoms with Crippen molar-refractivity contribution in [1.29, 1.82) is 0 Å². The molecule has 2 rings (SSSR count). The van der Waals surface area contributed by atoms with Gasteiger partial charge in [-0.25, -0.2) is 4.98 Å². The van der Waals surface area contributed by atoms with Crippen LogP contribution in [0.25, 0.3) is 10.2 Å². The van der Waals surface area contributed by atoms with Gasteiger partial charge in [0.05, 0.1) is 10.2 Å². The monoisotopic (exact) mass is 249 g/mol. The lowest BCUT2D eigenvalue weighted by molar-refractivity contribution is 0.425. The smallest absolute Gasteiger partial charge is 0.183 e. The molecule has 0 atom stereocenters. The summed E-state index contributed by atoms with van der Waals surface area (Å²) in [6.07, 6.45) is 0. The molecule has 1 aromatic heterocycles. The van der Waals surface area contributed by atoms with E-state index >= 15 is 0 Å². The van der Waals surface area contributed by atoms with Crippen LogP contribution < -0.4 is 5.32 Å². The lowest BCUT2D eigenvalue weighted by Gasteiger charge is -2.08. The van der Waals surface area contributed by atoms with E-state index in [1.54, 1.807) is 11.3 Å². The first kappa shape index (κ1) is 12.3. The van der Waals surface area contributed by atoms with Gasteiger partial charge in [0.25, 0.3) is 0 Å². The Morgan fingerprint density at radius 2 is 2.06 bits per heavy atom. The highest BCUT2D eigenvalue weighted by Gasteiger charge is 2.06. The zero-order chi connectivity index (χ0) is 12.4. The number of thiazole rings is 1. The van der Waals surface area contributed by atoms with E-state index in [0.29, 0.717) is 0 Å². The van der Waals surface area contributed by atoms with Crippen LogP contribution in [0.2, 0.25) is 0 Å². The molecule has 4 heteroatoms. The van der Waals surface area contributed by atoms with Gasteiger partial charge in [-0.15, -0.1) is 0 Å². The van der Waals surface area contributed by atoms with E-state index in [2.05, 4.69) is 55.3 Å². The van der Waals surface area contributed by atoms with Crippen molar-refractivity contribution >= 4 is 26.7 Å². The normalized spacial score (nSPS) is 11.4. The molecule has 0 saturated heterocycles. The summed E-state index contributed by atoms with van der Waals surface area (Å²) in [4.78, 5) is 6.78. The molecule has 0 bridgehead atoms. The highest BCUT2D eigenvalue weighted by Crippen LogP contribution is 2.29. The Kier molecular flexibility index (Phi) is 3.64. The minimum Gasteiger partial charge on any atom is -0.360 e. The van der Waals surface area contributed by atoms with E-state index in [9.17, 15) is 0 Å².